The molecule has 48 heavy (non-hydrogen) atoms. The minimum atomic E-state index is 0.287. The summed E-state index contributed by atoms with van der Waals surface area (Å²) in [5.74, 6) is 3.48. The number of benzene rings is 4. The van der Waals surface area contributed by atoms with Crippen LogP contribution in [0.15, 0.2) is 87.0 Å². The van der Waals surface area contributed by atoms with E-state index in [4.69, 9.17) is 0 Å². The maximum Gasteiger partial charge on any atom is -0.00301 e. The molecule has 4 unspecified atom stereocenters. The minimum absolute atomic E-state index is 0.287. The Hall–Kier alpha value is -3.64. The number of fused-ring (bicyclic) bond motifs is 2. The van der Waals surface area contributed by atoms with E-state index < -0.39 is 0 Å². The van der Waals surface area contributed by atoms with E-state index in [1.807, 2.05) is 12.2 Å². The monoisotopic (exact) mass is 626 g/mol. The fourth-order valence-electron chi connectivity index (χ4n) is 14.8. The van der Waals surface area contributed by atoms with Crippen molar-refractivity contribution >= 4 is 45.8 Å². The topological polar surface area (TPSA) is 0 Å². The minimum Gasteiger partial charge on any atom is -0.0985 e. The van der Waals surface area contributed by atoms with Crippen LogP contribution in [0.3, 0.4) is 0 Å². The Balaban J connectivity index is 1.13. The second-order valence-electron chi connectivity index (χ2n) is 17.9. The second kappa shape index (κ2) is 9.97. The van der Waals surface area contributed by atoms with Gasteiger partial charge in [-0.3, -0.25) is 0 Å². The summed E-state index contributed by atoms with van der Waals surface area (Å²) in [5.41, 5.74) is 9.74. The smallest absolute Gasteiger partial charge is 0.00301 e. The van der Waals surface area contributed by atoms with E-state index in [0.29, 0.717) is 10.8 Å². The van der Waals surface area contributed by atoms with Crippen molar-refractivity contribution in [2.24, 2.45) is 34.5 Å². The third-order valence-corrected chi connectivity index (χ3v) is 15.4. The molecule has 0 heterocycles. The molecule has 0 heteroatoms. The molecule has 0 amide bonds. The first-order valence-electron chi connectivity index (χ1n) is 19.0. The molecule has 8 fully saturated rings. The summed E-state index contributed by atoms with van der Waals surface area (Å²) in [7, 11) is 0. The van der Waals surface area contributed by atoms with E-state index in [0.717, 1.165) is 23.7 Å². The van der Waals surface area contributed by atoms with Crippen LogP contribution >= 0.6 is 0 Å². The van der Waals surface area contributed by atoms with E-state index in [9.17, 15) is 0 Å². The van der Waals surface area contributed by atoms with Crippen molar-refractivity contribution in [3.05, 3.63) is 120 Å². The first-order chi connectivity index (χ1) is 23.3. The van der Waals surface area contributed by atoms with Crippen molar-refractivity contribution in [2.75, 3.05) is 0 Å². The van der Waals surface area contributed by atoms with Crippen LogP contribution in [0.4, 0.5) is 0 Å². The molecule has 0 aliphatic heterocycles. The van der Waals surface area contributed by atoms with E-state index >= 15 is 0 Å². The lowest BCUT2D eigenvalue weighted by Gasteiger charge is -2.74. The Kier molecular flexibility index (Phi) is 6.08. The average molecular weight is 627 g/mol. The summed E-state index contributed by atoms with van der Waals surface area (Å²) in [5, 5.41) is 5.69. The van der Waals surface area contributed by atoms with Gasteiger partial charge in [0, 0.05) is 0 Å². The molecule has 8 aliphatic carbocycles. The molecule has 242 valence electrons. The Morgan fingerprint density at radius 2 is 0.854 bits per heavy atom. The van der Waals surface area contributed by atoms with Crippen LogP contribution in [-0.2, 0) is 10.8 Å². The van der Waals surface area contributed by atoms with Crippen LogP contribution in [-0.4, -0.2) is 0 Å². The number of hydrogen-bond donors (Lipinski definition) is 0. The van der Waals surface area contributed by atoms with E-state index in [2.05, 4.69) is 99.1 Å². The zero-order chi connectivity index (χ0) is 32.5. The van der Waals surface area contributed by atoms with E-state index in [-0.39, 0.29) is 10.8 Å². The lowest BCUT2D eigenvalue weighted by atomic mass is 9.30. The average Bonchev–Trinajstić information content (AvgIpc) is 3.08. The van der Waals surface area contributed by atoms with Crippen molar-refractivity contribution < 1.29 is 0 Å². The maximum absolute atomic E-state index is 4.22. The highest BCUT2D eigenvalue weighted by atomic mass is 14.7. The third kappa shape index (κ3) is 3.84. The maximum atomic E-state index is 4.22. The largest absolute Gasteiger partial charge is 0.0985 e. The molecule has 0 N–H and O–H groups in total. The van der Waals surface area contributed by atoms with Crippen molar-refractivity contribution in [1.82, 2.24) is 0 Å². The Morgan fingerprint density at radius 1 is 0.458 bits per heavy atom. The molecular weight excluding hydrogens is 577 g/mol. The first kappa shape index (κ1) is 29.3. The molecule has 12 rings (SSSR count). The molecule has 0 spiro atoms. The lowest BCUT2D eigenvalue weighted by molar-refractivity contribution is -0.211. The van der Waals surface area contributed by atoms with Gasteiger partial charge in [0.25, 0.3) is 0 Å². The summed E-state index contributed by atoms with van der Waals surface area (Å²) in [4.78, 5) is 0. The molecule has 0 saturated heterocycles. The van der Waals surface area contributed by atoms with Crippen LogP contribution in [0.5, 0.6) is 0 Å². The van der Waals surface area contributed by atoms with Gasteiger partial charge in [0.2, 0.25) is 0 Å². The molecule has 4 aromatic carbocycles. The summed E-state index contributed by atoms with van der Waals surface area (Å²) in [6.45, 7) is 16.8. The highest BCUT2D eigenvalue weighted by molar-refractivity contribution is 5.96. The molecule has 8 aliphatic rings. The molecule has 4 atom stereocenters. The van der Waals surface area contributed by atoms with Crippen molar-refractivity contribution in [3.63, 3.8) is 0 Å². The summed E-state index contributed by atoms with van der Waals surface area (Å²) in [6.07, 6.45) is 25.4. The second-order valence-corrected chi connectivity index (χ2v) is 17.9. The highest BCUT2D eigenvalue weighted by Crippen LogP contribution is 2.79. The van der Waals surface area contributed by atoms with Crippen LogP contribution in [0.1, 0.15) is 110 Å². The molecular formula is C48H50. The van der Waals surface area contributed by atoms with Gasteiger partial charge in [-0.1, -0.05) is 87.0 Å². The molecule has 0 radical (unpaired) electrons. The molecule has 4 aromatic rings. The van der Waals surface area contributed by atoms with Gasteiger partial charge in [0.15, 0.2) is 0 Å². The van der Waals surface area contributed by atoms with Gasteiger partial charge < -0.3 is 0 Å². The van der Waals surface area contributed by atoms with Crippen molar-refractivity contribution in [1.29, 1.82) is 0 Å². The van der Waals surface area contributed by atoms with Gasteiger partial charge in [-0.25, -0.2) is 0 Å². The van der Waals surface area contributed by atoms with Crippen molar-refractivity contribution in [2.45, 2.75) is 87.9 Å². The Morgan fingerprint density at radius 3 is 1.21 bits per heavy atom. The van der Waals surface area contributed by atoms with Gasteiger partial charge in [0.05, 0.1) is 0 Å². The number of rotatable bonds is 7. The molecule has 8 bridgehead atoms. The lowest BCUT2D eigenvalue weighted by Crippen LogP contribution is -2.66. The Labute approximate surface area is 287 Å². The van der Waals surface area contributed by atoms with Crippen LogP contribution in [0, 0.1) is 34.5 Å². The highest BCUT2D eigenvalue weighted by Gasteiger charge is 2.70. The predicted molar refractivity (Wildman–Crippen MR) is 206 cm³/mol. The van der Waals surface area contributed by atoms with Gasteiger partial charge in [-0.05, 0) is 202 Å². The van der Waals surface area contributed by atoms with E-state index in [1.54, 1.807) is 11.1 Å². The van der Waals surface area contributed by atoms with Gasteiger partial charge in [-0.2, -0.15) is 0 Å². The van der Waals surface area contributed by atoms with Crippen LogP contribution < -0.4 is 0 Å². The first-order valence-corrected chi connectivity index (χ1v) is 19.0. The van der Waals surface area contributed by atoms with E-state index in [1.165, 1.54) is 121 Å². The molecule has 0 nitrogen and oxygen atoms in total. The normalized spacial score (nSPS) is 37.2. The summed E-state index contributed by atoms with van der Waals surface area (Å²) >= 11 is 0. The SMILES string of the molecule is C=Cc1cc(C=C)c2cccc(C34CC5CC(C3)CC(C36CC7CC(CC(c8cccc9c(C=C)cc(C=C)cc89)(C7)C3)C6)(C5)C4)c2c1. The fourth-order valence-corrected chi connectivity index (χ4v) is 14.8. The number of hydrogen-bond acceptors (Lipinski definition) is 0. The summed E-state index contributed by atoms with van der Waals surface area (Å²) < 4.78 is 0. The fraction of sp³-hybridized carbons (Fsp3) is 0.417. The Bertz CT molecular complexity index is 1890. The van der Waals surface area contributed by atoms with Crippen LogP contribution in [0.2, 0.25) is 0 Å². The van der Waals surface area contributed by atoms with Crippen molar-refractivity contribution in [3.8, 4) is 0 Å². The van der Waals surface area contributed by atoms with Gasteiger partial charge in [0.1, 0.15) is 0 Å². The quantitative estimate of drug-likeness (QED) is 0.191. The standard InChI is InChI=1S/C48H50/c1-5-31-17-37(7-3)39-11-9-13-43(41(39)19-31)45-21-33-15-34(22-45)26-47(25-33,29-45)48-27-35-16-36(28-48)24-46(23-35,30-48)44-14-10-12-40-38(8-4)18-32(6-2)20-42(40)44/h5-14,17-20,33-36H,1-4,15-16,21-30H2. The molecule has 8 saturated carbocycles. The van der Waals surface area contributed by atoms with Gasteiger partial charge >= 0.3 is 0 Å². The third-order valence-electron chi connectivity index (χ3n) is 15.4. The van der Waals surface area contributed by atoms with Crippen LogP contribution in [0.25, 0.3) is 45.8 Å². The molecule has 0 aromatic heterocycles. The van der Waals surface area contributed by atoms with Gasteiger partial charge in [-0.15, -0.1) is 0 Å². The zero-order valence-corrected chi connectivity index (χ0v) is 28.7. The summed E-state index contributed by atoms with van der Waals surface area (Å²) in [6, 6.07) is 23.9. The zero-order valence-electron chi connectivity index (χ0n) is 28.7. The predicted octanol–water partition coefficient (Wildman–Crippen LogP) is 12.9.